The fourth-order valence-electron chi connectivity index (χ4n) is 2.66. The van der Waals surface area contributed by atoms with Crippen LogP contribution in [0, 0.1) is 5.92 Å². The second kappa shape index (κ2) is 13.8. The Hall–Kier alpha value is -1.25. The highest BCUT2D eigenvalue weighted by Crippen LogP contribution is 2.26. The van der Waals surface area contributed by atoms with Crippen molar-refractivity contribution >= 4 is 30.7 Å². The summed E-state index contributed by atoms with van der Waals surface area (Å²) in [5, 5.41) is 2.90. The SMILES string of the molecule is CCOc1ccccc1OCC1CN(CNC(=O)C(N)C(C)C)CCO1.Cl.Cl. The zero-order valence-electron chi connectivity index (χ0n) is 16.8. The standard InChI is InChI=1S/C19H31N3O4.2ClH/c1-4-24-16-7-5-6-8-17(16)26-12-15-11-22(9-10-25-15)13-21-19(23)18(20)14(2)3;;/h5-8,14-15,18H,4,9-13,20H2,1-3H3,(H,21,23);2*1H. The molecule has 1 amide bonds. The summed E-state index contributed by atoms with van der Waals surface area (Å²) in [6.07, 6.45) is -0.0610. The lowest BCUT2D eigenvalue weighted by Crippen LogP contribution is -2.52. The van der Waals surface area contributed by atoms with Crippen molar-refractivity contribution in [3.63, 3.8) is 0 Å². The van der Waals surface area contributed by atoms with Gasteiger partial charge in [0.05, 0.1) is 25.9 Å². The van der Waals surface area contributed by atoms with Crippen LogP contribution in [-0.4, -0.2) is 62.5 Å². The van der Waals surface area contributed by atoms with Gasteiger partial charge in [-0.25, -0.2) is 0 Å². The van der Waals surface area contributed by atoms with E-state index in [0.29, 0.717) is 38.8 Å². The fourth-order valence-corrected chi connectivity index (χ4v) is 2.66. The molecule has 1 aliphatic heterocycles. The smallest absolute Gasteiger partial charge is 0.238 e. The Labute approximate surface area is 180 Å². The number of nitrogens with two attached hydrogens (primary N) is 1. The lowest BCUT2D eigenvalue weighted by Gasteiger charge is -2.33. The molecule has 1 heterocycles. The van der Waals surface area contributed by atoms with Gasteiger partial charge in [0.25, 0.3) is 0 Å². The van der Waals surface area contributed by atoms with Gasteiger partial charge in [0.1, 0.15) is 12.7 Å². The number of carbonyl (C=O) groups excluding carboxylic acids is 1. The van der Waals surface area contributed by atoms with Gasteiger partial charge in [-0.15, -0.1) is 24.8 Å². The number of rotatable bonds is 9. The third-order valence-electron chi connectivity index (χ3n) is 4.29. The highest BCUT2D eigenvalue weighted by Gasteiger charge is 2.23. The van der Waals surface area contributed by atoms with Crippen LogP contribution in [0.4, 0.5) is 0 Å². The Morgan fingerprint density at radius 3 is 2.54 bits per heavy atom. The molecule has 1 aromatic rings. The molecule has 1 aliphatic rings. The summed E-state index contributed by atoms with van der Waals surface area (Å²) in [7, 11) is 0. The number of benzene rings is 1. The topological polar surface area (TPSA) is 86.1 Å². The van der Waals surface area contributed by atoms with Gasteiger partial charge in [-0.05, 0) is 25.0 Å². The highest BCUT2D eigenvalue weighted by molar-refractivity contribution is 5.85. The van der Waals surface area contributed by atoms with E-state index in [4.69, 9.17) is 19.9 Å². The number of nitrogens with zero attached hydrogens (tertiary/aromatic N) is 1. The minimum absolute atomic E-state index is 0. The van der Waals surface area contributed by atoms with E-state index in [-0.39, 0.29) is 42.7 Å². The summed E-state index contributed by atoms with van der Waals surface area (Å²) in [5.41, 5.74) is 5.87. The molecule has 162 valence electrons. The maximum absolute atomic E-state index is 12.0. The van der Waals surface area contributed by atoms with Crippen molar-refractivity contribution in [2.75, 3.05) is 39.6 Å². The molecule has 1 saturated heterocycles. The molecule has 3 N–H and O–H groups in total. The predicted molar refractivity (Wildman–Crippen MR) is 115 cm³/mol. The molecule has 0 bridgehead atoms. The van der Waals surface area contributed by atoms with Crippen LogP contribution in [0.2, 0.25) is 0 Å². The number of para-hydroxylation sites is 2. The zero-order valence-corrected chi connectivity index (χ0v) is 18.4. The van der Waals surface area contributed by atoms with Crippen LogP contribution in [0.3, 0.4) is 0 Å². The van der Waals surface area contributed by atoms with Crippen molar-refractivity contribution in [1.82, 2.24) is 10.2 Å². The van der Waals surface area contributed by atoms with Crippen molar-refractivity contribution in [3.8, 4) is 11.5 Å². The van der Waals surface area contributed by atoms with Crippen molar-refractivity contribution in [1.29, 1.82) is 0 Å². The average molecular weight is 438 g/mol. The van der Waals surface area contributed by atoms with Crippen LogP contribution in [0.5, 0.6) is 11.5 Å². The maximum atomic E-state index is 12.0. The second-order valence-electron chi connectivity index (χ2n) is 6.73. The summed E-state index contributed by atoms with van der Waals surface area (Å²) >= 11 is 0. The summed E-state index contributed by atoms with van der Waals surface area (Å²) in [6, 6.07) is 7.13. The summed E-state index contributed by atoms with van der Waals surface area (Å²) in [4.78, 5) is 14.1. The van der Waals surface area contributed by atoms with Gasteiger partial charge in [0.2, 0.25) is 5.91 Å². The lowest BCUT2D eigenvalue weighted by molar-refractivity contribution is -0.124. The van der Waals surface area contributed by atoms with Crippen molar-refractivity contribution in [2.24, 2.45) is 11.7 Å². The van der Waals surface area contributed by atoms with E-state index in [1.54, 1.807) is 0 Å². The van der Waals surface area contributed by atoms with Crippen molar-refractivity contribution in [3.05, 3.63) is 24.3 Å². The number of hydrogen-bond donors (Lipinski definition) is 2. The van der Waals surface area contributed by atoms with Crippen LogP contribution in [-0.2, 0) is 9.53 Å². The minimum atomic E-state index is -0.481. The summed E-state index contributed by atoms with van der Waals surface area (Å²) in [5.74, 6) is 1.44. The molecule has 0 radical (unpaired) electrons. The predicted octanol–water partition coefficient (Wildman–Crippen LogP) is 2.07. The molecule has 0 spiro atoms. The van der Waals surface area contributed by atoms with Crippen molar-refractivity contribution in [2.45, 2.75) is 32.9 Å². The molecular formula is C19H33Cl2N3O4. The Morgan fingerprint density at radius 1 is 1.29 bits per heavy atom. The molecule has 0 saturated carbocycles. The van der Waals surface area contributed by atoms with Crippen LogP contribution in [0.25, 0.3) is 0 Å². The van der Waals surface area contributed by atoms with Crippen molar-refractivity contribution < 1.29 is 19.0 Å². The molecule has 9 heteroatoms. The van der Waals surface area contributed by atoms with Gasteiger partial charge in [0, 0.05) is 13.1 Å². The molecule has 1 aromatic carbocycles. The first-order valence-electron chi connectivity index (χ1n) is 9.23. The molecule has 7 nitrogen and oxygen atoms in total. The van der Waals surface area contributed by atoms with Gasteiger partial charge in [-0.3, -0.25) is 9.69 Å². The minimum Gasteiger partial charge on any atom is -0.490 e. The number of amides is 1. The van der Waals surface area contributed by atoms with E-state index in [1.165, 1.54) is 0 Å². The number of halogens is 2. The third-order valence-corrected chi connectivity index (χ3v) is 4.29. The van der Waals surface area contributed by atoms with Gasteiger partial charge < -0.3 is 25.3 Å². The van der Waals surface area contributed by atoms with Gasteiger partial charge in [0.15, 0.2) is 11.5 Å². The number of ether oxygens (including phenoxy) is 3. The Kier molecular flexibility index (Phi) is 13.2. The van der Waals surface area contributed by atoms with Crippen LogP contribution < -0.4 is 20.5 Å². The molecule has 2 rings (SSSR count). The Balaban J connectivity index is 0.00000364. The summed E-state index contributed by atoms with van der Waals surface area (Å²) in [6.45, 7) is 9.36. The highest BCUT2D eigenvalue weighted by atomic mass is 35.5. The van der Waals surface area contributed by atoms with Crippen LogP contribution in [0.1, 0.15) is 20.8 Å². The van der Waals surface area contributed by atoms with Crippen LogP contribution in [0.15, 0.2) is 24.3 Å². The van der Waals surface area contributed by atoms with E-state index < -0.39 is 6.04 Å². The van der Waals surface area contributed by atoms with E-state index in [9.17, 15) is 4.79 Å². The normalized spacial score (nSPS) is 17.8. The van der Waals surface area contributed by atoms with Gasteiger partial charge in [-0.1, -0.05) is 26.0 Å². The number of hydrogen-bond acceptors (Lipinski definition) is 6. The first-order valence-corrected chi connectivity index (χ1v) is 9.23. The van der Waals surface area contributed by atoms with Gasteiger partial charge in [-0.2, -0.15) is 0 Å². The Bertz CT molecular complexity index is 578. The zero-order chi connectivity index (χ0) is 18.9. The average Bonchev–Trinajstić information content (AvgIpc) is 2.65. The number of nitrogens with one attached hydrogen (secondary N) is 1. The number of morpholine rings is 1. The fraction of sp³-hybridized carbons (Fsp3) is 0.632. The summed E-state index contributed by atoms with van der Waals surface area (Å²) < 4.78 is 17.2. The monoisotopic (exact) mass is 437 g/mol. The van der Waals surface area contributed by atoms with E-state index >= 15 is 0 Å². The quantitative estimate of drug-likeness (QED) is 0.614. The second-order valence-corrected chi connectivity index (χ2v) is 6.73. The molecule has 1 fully saturated rings. The number of carbonyl (C=O) groups is 1. The van der Waals surface area contributed by atoms with Crippen LogP contribution >= 0.6 is 24.8 Å². The molecular weight excluding hydrogens is 405 g/mol. The van der Waals surface area contributed by atoms with E-state index in [2.05, 4.69) is 10.2 Å². The molecule has 2 unspecified atom stereocenters. The molecule has 2 atom stereocenters. The lowest BCUT2D eigenvalue weighted by atomic mass is 10.1. The van der Waals surface area contributed by atoms with E-state index in [1.807, 2.05) is 45.0 Å². The first-order chi connectivity index (χ1) is 12.5. The largest absolute Gasteiger partial charge is 0.490 e. The first kappa shape index (κ1) is 26.8. The Morgan fingerprint density at radius 2 is 1.93 bits per heavy atom. The molecule has 0 aromatic heterocycles. The molecule has 0 aliphatic carbocycles. The molecule has 28 heavy (non-hydrogen) atoms. The third kappa shape index (κ3) is 8.41. The van der Waals surface area contributed by atoms with Gasteiger partial charge >= 0.3 is 0 Å². The van der Waals surface area contributed by atoms with E-state index in [0.717, 1.165) is 12.3 Å². The maximum Gasteiger partial charge on any atom is 0.238 e.